The van der Waals surface area contributed by atoms with Gasteiger partial charge in [0.05, 0.1) is 14.2 Å². The van der Waals surface area contributed by atoms with Gasteiger partial charge in [0, 0.05) is 16.7 Å². The number of ketones is 1. The number of hydrogen-bond acceptors (Lipinski definition) is 4. The first-order valence-corrected chi connectivity index (χ1v) is 9.21. The van der Waals surface area contributed by atoms with Gasteiger partial charge >= 0.3 is 0 Å². The second-order valence-electron chi connectivity index (χ2n) is 6.53. The summed E-state index contributed by atoms with van der Waals surface area (Å²) >= 11 is 0. The minimum Gasteiger partial charge on any atom is -0.497 e. The minimum absolute atomic E-state index is 0.0790. The fourth-order valence-electron chi connectivity index (χ4n) is 3.16. The Hall–Kier alpha value is -3.79. The summed E-state index contributed by atoms with van der Waals surface area (Å²) in [6, 6.07) is 22.4. The molecule has 144 valence electrons. The lowest BCUT2D eigenvalue weighted by Gasteiger charge is -2.20. The summed E-state index contributed by atoms with van der Waals surface area (Å²) in [4.78, 5) is 12.8. The number of ether oxygens (including phenoxy) is 3. The van der Waals surface area contributed by atoms with Gasteiger partial charge in [0.25, 0.3) is 0 Å². The molecular formula is C25H20O4. The number of carbonyl (C=O) groups excluding carboxylic acids is 1. The smallest absolute Gasteiger partial charge is 0.186 e. The van der Waals surface area contributed by atoms with Gasteiger partial charge in [0.15, 0.2) is 5.78 Å². The molecule has 1 heterocycles. The van der Waals surface area contributed by atoms with Gasteiger partial charge in [-0.25, -0.2) is 0 Å². The van der Waals surface area contributed by atoms with Crippen LogP contribution in [0.25, 0.3) is 11.3 Å². The van der Waals surface area contributed by atoms with Gasteiger partial charge in [-0.2, -0.15) is 0 Å². The molecule has 4 rings (SSSR count). The zero-order chi connectivity index (χ0) is 20.2. The molecule has 0 N–H and O–H groups in total. The van der Waals surface area contributed by atoms with E-state index in [1.807, 2.05) is 54.6 Å². The predicted octanol–water partition coefficient (Wildman–Crippen LogP) is 5.40. The maximum Gasteiger partial charge on any atom is 0.186 e. The van der Waals surface area contributed by atoms with E-state index >= 15 is 0 Å². The molecule has 0 aliphatic carbocycles. The van der Waals surface area contributed by atoms with Crippen molar-refractivity contribution in [3.05, 3.63) is 102 Å². The van der Waals surface area contributed by atoms with Crippen molar-refractivity contribution in [3.63, 3.8) is 0 Å². The van der Waals surface area contributed by atoms with E-state index in [2.05, 4.69) is 0 Å². The first-order valence-electron chi connectivity index (χ1n) is 9.21. The minimum atomic E-state index is -0.0790. The monoisotopic (exact) mass is 384 g/mol. The number of allylic oxidation sites excluding steroid dienone is 3. The lowest BCUT2D eigenvalue weighted by Crippen LogP contribution is -2.05. The average molecular weight is 384 g/mol. The molecule has 0 atom stereocenters. The van der Waals surface area contributed by atoms with Crippen molar-refractivity contribution in [2.45, 2.75) is 0 Å². The van der Waals surface area contributed by atoms with E-state index in [0.717, 1.165) is 28.2 Å². The Labute approximate surface area is 169 Å². The van der Waals surface area contributed by atoms with Gasteiger partial charge in [-0.3, -0.25) is 4.79 Å². The Bertz CT molecular complexity index is 1090. The lowest BCUT2D eigenvalue weighted by atomic mass is 9.97. The number of hydrogen-bond donors (Lipinski definition) is 0. The molecule has 29 heavy (non-hydrogen) atoms. The third-order valence-electron chi connectivity index (χ3n) is 4.74. The zero-order valence-corrected chi connectivity index (χ0v) is 16.2. The second-order valence-corrected chi connectivity index (χ2v) is 6.53. The van der Waals surface area contributed by atoms with Crippen LogP contribution in [0.2, 0.25) is 0 Å². The first kappa shape index (κ1) is 18.6. The molecule has 1 aliphatic heterocycles. The summed E-state index contributed by atoms with van der Waals surface area (Å²) < 4.78 is 16.5. The van der Waals surface area contributed by atoms with E-state index in [1.54, 1.807) is 44.6 Å². The largest absolute Gasteiger partial charge is 0.497 e. The molecule has 1 aliphatic rings. The second kappa shape index (κ2) is 8.07. The maximum absolute atomic E-state index is 12.8. The van der Waals surface area contributed by atoms with Gasteiger partial charge < -0.3 is 14.2 Å². The Morgan fingerprint density at radius 1 is 0.828 bits per heavy atom. The molecule has 4 nitrogen and oxygen atoms in total. The van der Waals surface area contributed by atoms with Gasteiger partial charge in [0.1, 0.15) is 23.0 Å². The van der Waals surface area contributed by atoms with Crippen LogP contribution in [0.5, 0.6) is 17.2 Å². The van der Waals surface area contributed by atoms with E-state index in [9.17, 15) is 4.79 Å². The quantitative estimate of drug-likeness (QED) is 0.436. The number of fused-ring (bicyclic) bond motifs is 1. The highest BCUT2D eigenvalue weighted by molar-refractivity contribution is 6.11. The van der Waals surface area contributed by atoms with Crippen molar-refractivity contribution in [2.24, 2.45) is 0 Å². The topological polar surface area (TPSA) is 44.8 Å². The number of carbonyl (C=O) groups is 1. The zero-order valence-electron chi connectivity index (χ0n) is 16.2. The molecule has 0 bridgehead atoms. The Morgan fingerprint density at radius 2 is 1.45 bits per heavy atom. The van der Waals surface area contributed by atoms with E-state index in [0.29, 0.717) is 17.1 Å². The number of para-hydroxylation sites is 1. The molecule has 0 aromatic heterocycles. The number of methoxy groups -OCH3 is 2. The SMILES string of the molecule is COc1ccc(C(=O)/C=C2\C=C(c3ccc(OC)cc3)Oc3ccccc32)cc1. The fourth-order valence-corrected chi connectivity index (χ4v) is 3.16. The normalized spacial score (nSPS) is 13.9. The van der Waals surface area contributed by atoms with Gasteiger partial charge in [-0.15, -0.1) is 0 Å². The number of benzene rings is 3. The molecule has 0 unspecified atom stereocenters. The molecule has 0 spiro atoms. The number of rotatable bonds is 5. The molecule has 3 aromatic carbocycles. The van der Waals surface area contributed by atoms with Gasteiger partial charge in [-0.05, 0) is 72.3 Å². The van der Waals surface area contributed by atoms with E-state index in [-0.39, 0.29) is 5.78 Å². The molecule has 0 saturated carbocycles. The standard InChI is InChI=1S/C25H20O4/c1-27-20-11-7-17(8-12-20)23(26)15-19-16-25(18-9-13-21(28-2)14-10-18)29-24-6-4-3-5-22(19)24/h3-16H,1-2H3/b19-15+. The molecule has 0 fully saturated rings. The first-order chi connectivity index (χ1) is 14.2. The van der Waals surface area contributed by atoms with Crippen molar-refractivity contribution in [1.29, 1.82) is 0 Å². The van der Waals surface area contributed by atoms with Crippen molar-refractivity contribution in [2.75, 3.05) is 14.2 Å². The van der Waals surface area contributed by atoms with Crippen LogP contribution in [0, 0.1) is 0 Å². The summed E-state index contributed by atoms with van der Waals surface area (Å²) in [7, 11) is 3.23. The molecule has 0 radical (unpaired) electrons. The fraction of sp³-hybridized carbons (Fsp3) is 0.0800. The molecular weight excluding hydrogens is 364 g/mol. The summed E-state index contributed by atoms with van der Waals surface area (Å²) in [5, 5.41) is 0. The summed E-state index contributed by atoms with van der Waals surface area (Å²) in [6.07, 6.45) is 3.54. The third-order valence-corrected chi connectivity index (χ3v) is 4.74. The molecule has 4 heteroatoms. The van der Waals surface area contributed by atoms with Crippen LogP contribution in [0.3, 0.4) is 0 Å². The van der Waals surface area contributed by atoms with Crippen LogP contribution >= 0.6 is 0 Å². The summed E-state index contributed by atoms with van der Waals surface area (Å²) in [6.45, 7) is 0. The highest BCUT2D eigenvalue weighted by Gasteiger charge is 2.19. The summed E-state index contributed by atoms with van der Waals surface area (Å²) in [5.41, 5.74) is 3.19. The van der Waals surface area contributed by atoms with Crippen molar-refractivity contribution in [3.8, 4) is 17.2 Å². The summed E-state index contributed by atoms with van der Waals surface area (Å²) in [5.74, 6) is 2.81. The van der Waals surface area contributed by atoms with Crippen LogP contribution in [-0.4, -0.2) is 20.0 Å². The van der Waals surface area contributed by atoms with Gasteiger partial charge in [0.2, 0.25) is 0 Å². The molecule has 0 amide bonds. The van der Waals surface area contributed by atoms with Gasteiger partial charge in [-0.1, -0.05) is 18.2 Å². The third kappa shape index (κ3) is 3.92. The van der Waals surface area contributed by atoms with Crippen molar-refractivity contribution < 1.29 is 19.0 Å². The predicted molar refractivity (Wildman–Crippen MR) is 113 cm³/mol. The van der Waals surface area contributed by atoms with Crippen LogP contribution < -0.4 is 14.2 Å². The van der Waals surface area contributed by atoms with Crippen molar-refractivity contribution >= 4 is 17.1 Å². The van der Waals surface area contributed by atoms with E-state index in [4.69, 9.17) is 14.2 Å². The molecule has 0 saturated heterocycles. The molecule has 3 aromatic rings. The highest BCUT2D eigenvalue weighted by atomic mass is 16.5. The van der Waals surface area contributed by atoms with E-state index < -0.39 is 0 Å². The lowest BCUT2D eigenvalue weighted by molar-refractivity contribution is 0.104. The van der Waals surface area contributed by atoms with Crippen LogP contribution in [-0.2, 0) is 0 Å². The highest BCUT2D eigenvalue weighted by Crippen LogP contribution is 2.37. The maximum atomic E-state index is 12.8. The van der Waals surface area contributed by atoms with Crippen LogP contribution in [0.1, 0.15) is 21.5 Å². The van der Waals surface area contributed by atoms with Crippen molar-refractivity contribution in [1.82, 2.24) is 0 Å². The van der Waals surface area contributed by atoms with Crippen LogP contribution in [0.4, 0.5) is 0 Å². The Morgan fingerprint density at radius 3 is 2.10 bits per heavy atom. The average Bonchev–Trinajstić information content (AvgIpc) is 2.79. The Balaban J connectivity index is 1.73. The van der Waals surface area contributed by atoms with Crippen LogP contribution in [0.15, 0.2) is 84.9 Å². The van der Waals surface area contributed by atoms with E-state index in [1.165, 1.54) is 0 Å². The Kier molecular flexibility index (Phi) is 5.16.